The number of hydrogen-bond donors (Lipinski definition) is 1. The van der Waals surface area contributed by atoms with Crippen molar-refractivity contribution < 1.29 is 0 Å². The molecule has 0 spiro atoms. The van der Waals surface area contributed by atoms with Gasteiger partial charge in [0.25, 0.3) is 0 Å². The van der Waals surface area contributed by atoms with E-state index in [-0.39, 0.29) is 0 Å². The monoisotopic (exact) mass is 231 g/mol. The Morgan fingerprint density at radius 3 is 3.18 bits per heavy atom. The zero-order valence-electron chi connectivity index (χ0n) is 5.31. The van der Waals surface area contributed by atoms with Crippen LogP contribution in [0.4, 0.5) is 0 Å². The van der Waals surface area contributed by atoms with Crippen molar-refractivity contribution in [2.75, 3.05) is 0 Å². The quantitative estimate of drug-likeness (QED) is 0.709. The fourth-order valence-corrected chi connectivity index (χ4v) is 1.29. The third-order valence-electron chi connectivity index (χ3n) is 1.33. The van der Waals surface area contributed by atoms with Crippen molar-refractivity contribution in [3.8, 4) is 0 Å². The largest absolute Gasteiger partial charge is 0.276 e. The lowest BCUT2D eigenvalue weighted by atomic mass is 10.4. The Morgan fingerprint density at radius 2 is 2.36 bits per heavy atom. The Bertz CT molecular complexity index is 362. The van der Waals surface area contributed by atoms with Crippen molar-refractivity contribution in [2.45, 2.75) is 0 Å². The maximum absolute atomic E-state index is 5.79. The lowest BCUT2D eigenvalue weighted by Crippen LogP contribution is -1.77. The molecule has 5 heteroatoms. The van der Waals surface area contributed by atoms with Gasteiger partial charge in [-0.25, -0.2) is 4.98 Å². The van der Waals surface area contributed by atoms with Crippen molar-refractivity contribution in [3.63, 3.8) is 0 Å². The van der Waals surface area contributed by atoms with E-state index in [2.05, 4.69) is 31.1 Å². The molecule has 2 aromatic rings. The zero-order chi connectivity index (χ0) is 7.84. The molecule has 0 aliphatic carbocycles. The highest BCUT2D eigenvalue weighted by Gasteiger charge is 2.02. The summed E-state index contributed by atoms with van der Waals surface area (Å²) in [5, 5.41) is 7.17. The average Bonchev–Trinajstić information content (AvgIpc) is 2.36. The van der Waals surface area contributed by atoms with Crippen LogP contribution in [0.5, 0.6) is 0 Å². The maximum Gasteiger partial charge on any atom is 0.125 e. The van der Waals surface area contributed by atoms with Crippen molar-refractivity contribution in [1.29, 1.82) is 0 Å². The number of halogens is 2. The maximum atomic E-state index is 5.79. The van der Waals surface area contributed by atoms with Gasteiger partial charge in [-0.15, -0.1) is 0 Å². The summed E-state index contributed by atoms with van der Waals surface area (Å²) in [7, 11) is 0. The van der Waals surface area contributed by atoms with E-state index in [0.717, 1.165) is 11.0 Å². The molecule has 0 saturated carbocycles. The molecule has 0 aliphatic rings. The Hall–Kier alpha value is -0.610. The molecular weight excluding hydrogens is 229 g/mol. The van der Waals surface area contributed by atoms with Gasteiger partial charge in [0.1, 0.15) is 10.1 Å². The smallest absolute Gasteiger partial charge is 0.125 e. The molecule has 2 heterocycles. The third-order valence-corrected chi connectivity index (χ3v) is 2.46. The van der Waals surface area contributed by atoms with Crippen LogP contribution in [0.3, 0.4) is 0 Å². The lowest BCUT2D eigenvalue weighted by molar-refractivity contribution is 1.12. The van der Waals surface area contributed by atoms with Crippen LogP contribution in [0.2, 0.25) is 5.02 Å². The summed E-state index contributed by atoms with van der Waals surface area (Å²) in [5.41, 5.74) is 1.65. The predicted octanol–water partition coefficient (Wildman–Crippen LogP) is 2.37. The van der Waals surface area contributed by atoms with E-state index in [9.17, 15) is 0 Å². The van der Waals surface area contributed by atoms with E-state index in [4.69, 9.17) is 11.6 Å². The SMILES string of the molecule is Clc1cc2[nH]ncc2nc1Br. The van der Waals surface area contributed by atoms with Crippen molar-refractivity contribution >= 4 is 38.6 Å². The fourth-order valence-electron chi connectivity index (χ4n) is 0.831. The van der Waals surface area contributed by atoms with Crippen LogP contribution in [0.1, 0.15) is 0 Å². The van der Waals surface area contributed by atoms with Crippen molar-refractivity contribution in [3.05, 3.63) is 21.9 Å². The van der Waals surface area contributed by atoms with Crippen LogP contribution < -0.4 is 0 Å². The highest BCUT2D eigenvalue weighted by molar-refractivity contribution is 9.10. The van der Waals surface area contributed by atoms with E-state index in [0.29, 0.717) is 9.63 Å². The summed E-state index contributed by atoms with van der Waals surface area (Å²) in [6.45, 7) is 0. The average molecular weight is 232 g/mol. The second-order valence-electron chi connectivity index (χ2n) is 2.06. The summed E-state index contributed by atoms with van der Waals surface area (Å²) in [6.07, 6.45) is 1.65. The molecule has 2 aromatic heterocycles. The normalized spacial score (nSPS) is 10.7. The minimum absolute atomic E-state index is 0.585. The topological polar surface area (TPSA) is 41.6 Å². The number of aromatic amines is 1. The molecule has 0 fully saturated rings. The number of aromatic nitrogens is 3. The van der Waals surface area contributed by atoms with Gasteiger partial charge in [-0.1, -0.05) is 11.6 Å². The van der Waals surface area contributed by atoms with Crippen molar-refractivity contribution in [1.82, 2.24) is 15.2 Å². The van der Waals surface area contributed by atoms with Gasteiger partial charge < -0.3 is 0 Å². The van der Waals surface area contributed by atoms with E-state index in [1.54, 1.807) is 12.3 Å². The number of hydrogen-bond acceptors (Lipinski definition) is 2. The summed E-state index contributed by atoms with van der Waals surface area (Å²) in [6, 6.07) is 1.78. The molecule has 0 bridgehead atoms. The van der Waals surface area contributed by atoms with Gasteiger partial charge in [0.15, 0.2) is 0 Å². The number of nitrogens with zero attached hydrogens (tertiary/aromatic N) is 2. The molecule has 0 amide bonds. The van der Waals surface area contributed by atoms with Crippen LogP contribution in [0.25, 0.3) is 11.0 Å². The number of H-pyrrole nitrogens is 1. The molecule has 3 nitrogen and oxygen atoms in total. The summed E-state index contributed by atoms with van der Waals surface area (Å²) in [5.74, 6) is 0. The van der Waals surface area contributed by atoms with Gasteiger partial charge in [0.2, 0.25) is 0 Å². The molecule has 1 N–H and O–H groups in total. The molecule has 0 saturated heterocycles. The minimum atomic E-state index is 0.585. The third kappa shape index (κ3) is 1.12. The predicted molar refractivity (Wildman–Crippen MR) is 46.6 cm³/mol. The van der Waals surface area contributed by atoms with Crippen LogP contribution in [0, 0.1) is 0 Å². The molecule has 0 radical (unpaired) electrons. The van der Waals surface area contributed by atoms with Gasteiger partial charge in [-0.3, -0.25) is 5.10 Å². The van der Waals surface area contributed by atoms with Gasteiger partial charge >= 0.3 is 0 Å². The molecule has 56 valence electrons. The first-order valence-electron chi connectivity index (χ1n) is 2.92. The first-order valence-corrected chi connectivity index (χ1v) is 4.09. The molecule has 0 aromatic carbocycles. The summed E-state index contributed by atoms with van der Waals surface area (Å²) in [4.78, 5) is 4.13. The minimum Gasteiger partial charge on any atom is -0.276 e. The zero-order valence-corrected chi connectivity index (χ0v) is 7.65. The molecular formula is C6H3BrClN3. The second-order valence-corrected chi connectivity index (χ2v) is 3.22. The van der Waals surface area contributed by atoms with E-state index in [1.807, 2.05) is 0 Å². The Kier molecular flexibility index (Phi) is 1.58. The van der Waals surface area contributed by atoms with E-state index >= 15 is 0 Å². The van der Waals surface area contributed by atoms with Gasteiger partial charge in [-0.05, 0) is 22.0 Å². The van der Waals surface area contributed by atoms with Crippen LogP contribution in [-0.4, -0.2) is 15.2 Å². The second kappa shape index (κ2) is 2.46. The molecule has 0 aliphatic heterocycles. The summed E-state index contributed by atoms with van der Waals surface area (Å²) < 4.78 is 0.646. The molecule has 0 atom stereocenters. The van der Waals surface area contributed by atoms with Crippen molar-refractivity contribution in [2.24, 2.45) is 0 Å². The number of nitrogens with one attached hydrogen (secondary N) is 1. The van der Waals surface area contributed by atoms with Crippen LogP contribution in [0.15, 0.2) is 16.9 Å². The highest BCUT2D eigenvalue weighted by atomic mass is 79.9. The molecule has 2 rings (SSSR count). The van der Waals surface area contributed by atoms with Gasteiger partial charge in [0.05, 0.1) is 16.7 Å². The Morgan fingerprint density at radius 1 is 1.55 bits per heavy atom. The molecule has 11 heavy (non-hydrogen) atoms. The standard InChI is InChI=1S/C6H3BrClN3/c7-6-3(8)1-4-5(10-6)2-9-11-4/h1-2H,(H,9,11). The molecule has 0 unspecified atom stereocenters. The van der Waals surface area contributed by atoms with Crippen LogP contribution >= 0.6 is 27.5 Å². The number of rotatable bonds is 0. The van der Waals surface area contributed by atoms with E-state index in [1.165, 1.54) is 0 Å². The summed E-state index contributed by atoms with van der Waals surface area (Å²) >= 11 is 9.00. The number of fused-ring (bicyclic) bond motifs is 1. The number of pyridine rings is 1. The first kappa shape index (κ1) is 7.06. The van der Waals surface area contributed by atoms with Gasteiger partial charge in [0, 0.05) is 0 Å². The highest BCUT2D eigenvalue weighted by Crippen LogP contribution is 2.23. The van der Waals surface area contributed by atoms with Crippen LogP contribution in [-0.2, 0) is 0 Å². The Labute approximate surface area is 75.9 Å². The lowest BCUT2D eigenvalue weighted by Gasteiger charge is -1.92. The van der Waals surface area contributed by atoms with E-state index < -0.39 is 0 Å². The Balaban J connectivity index is 2.86. The van der Waals surface area contributed by atoms with Gasteiger partial charge in [-0.2, -0.15) is 5.10 Å². The first-order chi connectivity index (χ1) is 5.27. The fraction of sp³-hybridized carbons (Fsp3) is 0.